The quantitative estimate of drug-likeness (QED) is 0.150. The van der Waals surface area contributed by atoms with Gasteiger partial charge in [0, 0.05) is 6.92 Å². The van der Waals surface area contributed by atoms with Crippen LogP contribution in [-0.2, 0) is 31.8 Å². The Morgan fingerprint density at radius 1 is 0.696 bits per heavy atom. The molecule has 0 atom stereocenters. The molecule has 0 saturated heterocycles. The van der Waals surface area contributed by atoms with E-state index in [0.29, 0.717) is 0 Å². The molecule has 0 aromatic carbocycles. The minimum Gasteiger partial charge on any atom is -0.813 e. The van der Waals surface area contributed by atoms with Crippen LogP contribution in [0.5, 0.6) is 0 Å². The van der Waals surface area contributed by atoms with E-state index in [-0.39, 0.29) is 48.1 Å². The molecule has 0 radical (unpaired) electrons. The molecular formula is C18H40O2S2Sn. The Morgan fingerprint density at radius 2 is 0.957 bits per heavy atom. The molecule has 23 heavy (non-hydrogen) atoms. The topological polar surface area (TPSA) is 37.3 Å². The summed E-state index contributed by atoms with van der Waals surface area (Å²) in [5.74, 6) is -0.833. The van der Waals surface area contributed by atoms with Crippen molar-refractivity contribution in [1.29, 1.82) is 0 Å². The smallest absolute Gasteiger partial charge is 0.813 e. The van der Waals surface area contributed by atoms with Crippen LogP contribution in [0.1, 0.15) is 97.8 Å². The van der Waals surface area contributed by atoms with Crippen molar-refractivity contribution in [2.45, 2.75) is 107 Å². The third-order valence-electron chi connectivity index (χ3n) is 3.41. The monoisotopic (exact) mass is 472 g/mol. The maximum Gasteiger partial charge on any atom is -0.813 e. The Kier molecular flexibility index (Phi) is 42.5. The Morgan fingerprint density at radius 3 is 1.26 bits per heavy atom. The van der Waals surface area contributed by atoms with Gasteiger partial charge in [-0.1, -0.05) is 0 Å². The summed E-state index contributed by atoms with van der Waals surface area (Å²) in [4.78, 5) is 9.00. The van der Waals surface area contributed by atoms with E-state index in [1.807, 2.05) is 0 Å². The molecule has 0 aliphatic heterocycles. The van der Waals surface area contributed by atoms with E-state index >= 15 is 0 Å². The molecule has 1 N–H and O–H groups in total. The Labute approximate surface area is 170 Å². The number of carboxylic acids is 1. The summed E-state index contributed by atoms with van der Waals surface area (Å²) in [6, 6.07) is 0. The fourth-order valence-corrected chi connectivity index (χ4v) is 5.75. The SMILES string of the molecule is CC(=O)O.CCCCCCC[CH2][Sn+2][CH2]CCCCCCC.[SH-].[SH-]. The molecular weight excluding hydrogens is 431 g/mol. The van der Waals surface area contributed by atoms with Crippen LogP contribution in [0, 0.1) is 0 Å². The van der Waals surface area contributed by atoms with Crippen LogP contribution in [0.25, 0.3) is 0 Å². The molecule has 140 valence electrons. The van der Waals surface area contributed by atoms with Gasteiger partial charge in [-0.25, -0.2) is 0 Å². The van der Waals surface area contributed by atoms with E-state index in [1.165, 1.54) is 64.2 Å². The van der Waals surface area contributed by atoms with Crippen molar-refractivity contribution in [2.24, 2.45) is 0 Å². The van der Waals surface area contributed by atoms with Gasteiger partial charge in [-0.3, -0.25) is 4.79 Å². The van der Waals surface area contributed by atoms with E-state index in [2.05, 4.69) is 13.8 Å². The molecule has 0 fully saturated rings. The van der Waals surface area contributed by atoms with Crippen LogP contribution in [0.15, 0.2) is 0 Å². The zero-order valence-corrected chi connectivity index (χ0v) is 20.3. The van der Waals surface area contributed by atoms with Crippen LogP contribution in [0.4, 0.5) is 0 Å². The number of unbranched alkanes of at least 4 members (excludes halogenated alkanes) is 10. The number of carboxylic acid groups (broad SMARTS) is 1. The van der Waals surface area contributed by atoms with Crippen molar-refractivity contribution in [1.82, 2.24) is 0 Å². The predicted octanol–water partition coefficient (Wildman–Crippen LogP) is 5.80. The van der Waals surface area contributed by atoms with Gasteiger partial charge in [0.1, 0.15) is 0 Å². The number of rotatable bonds is 14. The summed E-state index contributed by atoms with van der Waals surface area (Å²) < 4.78 is 3.31. The molecule has 5 heteroatoms. The van der Waals surface area contributed by atoms with Gasteiger partial charge >= 0.3 is 121 Å². The van der Waals surface area contributed by atoms with Crippen LogP contribution in [0.3, 0.4) is 0 Å². The standard InChI is InChI=1S/2C8H17.C2H4O2.2H2S.Sn/c2*1-3-5-7-8-6-4-2;1-2(3)4;;;/h2*1,3-8H2,2H3;1H3,(H,3,4);2*1H2;/q;;;;;+2/p-2. The molecule has 0 amide bonds. The van der Waals surface area contributed by atoms with Crippen LogP contribution in [-0.4, -0.2) is 32.2 Å². The molecule has 0 aromatic heterocycles. The minimum absolute atomic E-state index is 0. The van der Waals surface area contributed by atoms with Crippen molar-refractivity contribution in [3.63, 3.8) is 0 Å². The summed E-state index contributed by atoms with van der Waals surface area (Å²) >= 11 is 0.0736. The summed E-state index contributed by atoms with van der Waals surface area (Å²) in [6.07, 6.45) is 17.8. The Hall–Kier alpha value is 0.969. The molecule has 0 saturated carbocycles. The van der Waals surface area contributed by atoms with Crippen molar-refractivity contribution in [2.75, 3.05) is 0 Å². The van der Waals surface area contributed by atoms with Crippen LogP contribution >= 0.6 is 0 Å². The average Bonchev–Trinajstić information content (AvgIpc) is 2.43. The second kappa shape index (κ2) is 30.8. The first kappa shape index (κ1) is 31.7. The molecule has 0 rings (SSSR count). The number of hydrogen-bond donors (Lipinski definition) is 1. The second-order valence-corrected chi connectivity index (χ2v) is 10.1. The molecule has 0 aromatic rings. The van der Waals surface area contributed by atoms with E-state index in [4.69, 9.17) is 9.90 Å². The minimum atomic E-state index is -0.833. The van der Waals surface area contributed by atoms with Crippen LogP contribution in [0.2, 0.25) is 8.87 Å². The van der Waals surface area contributed by atoms with Gasteiger partial charge in [0.15, 0.2) is 0 Å². The van der Waals surface area contributed by atoms with Crippen molar-refractivity contribution >= 4 is 54.1 Å². The number of aliphatic carboxylic acids is 1. The average molecular weight is 471 g/mol. The van der Waals surface area contributed by atoms with Gasteiger partial charge in [-0.2, -0.15) is 0 Å². The normalized spacial score (nSPS) is 8.83. The molecule has 2 nitrogen and oxygen atoms in total. The third-order valence-corrected chi connectivity index (χ3v) is 7.45. The zero-order valence-electron chi connectivity index (χ0n) is 15.6. The molecule has 0 spiro atoms. The predicted molar refractivity (Wildman–Crippen MR) is 113 cm³/mol. The zero-order chi connectivity index (χ0) is 16.2. The molecule has 0 aliphatic rings. The van der Waals surface area contributed by atoms with Gasteiger partial charge < -0.3 is 32.1 Å². The van der Waals surface area contributed by atoms with E-state index in [9.17, 15) is 0 Å². The van der Waals surface area contributed by atoms with Crippen molar-refractivity contribution < 1.29 is 9.90 Å². The summed E-state index contributed by atoms with van der Waals surface area (Å²) in [5, 5.41) is 7.42. The number of hydrogen-bond acceptors (Lipinski definition) is 3. The van der Waals surface area contributed by atoms with Crippen LogP contribution < -0.4 is 0 Å². The molecule has 0 bridgehead atoms. The van der Waals surface area contributed by atoms with Gasteiger partial charge in [-0.15, -0.1) is 0 Å². The maximum absolute atomic E-state index is 9.00. The van der Waals surface area contributed by atoms with Crippen molar-refractivity contribution in [3.8, 4) is 0 Å². The van der Waals surface area contributed by atoms with Gasteiger partial charge in [-0.05, 0) is 0 Å². The molecule has 0 aliphatic carbocycles. The summed E-state index contributed by atoms with van der Waals surface area (Å²) in [6.45, 7) is 5.68. The second-order valence-electron chi connectivity index (χ2n) is 5.80. The first-order chi connectivity index (χ1) is 10.1. The van der Waals surface area contributed by atoms with E-state index < -0.39 is 5.97 Å². The van der Waals surface area contributed by atoms with E-state index in [0.717, 1.165) is 6.92 Å². The van der Waals surface area contributed by atoms with Gasteiger partial charge in [0.05, 0.1) is 0 Å². The summed E-state index contributed by atoms with van der Waals surface area (Å²) in [7, 11) is 0. The third kappa shape index (κ3) is 45.1. The van der Waals surface area contributed by atoms with E-state index in [1.54, 1.807) is 21.7 Å². The van der Waals surface area contributed by atoms with Crippen molar-refractivity contribution in [3.05, 3.63) is 0 Å². The molecule has 0 heterocycles. The first-order valence-corrected chi connectivity index (χ1v) is 13.1. The first-order valence-electron chi connectivity index (χ1n) is 9.05. The maximum atomic E-state index is 9.00. The van der Waals surface area contributed by atoms with Gasteiger partial charge in [0.2, 0.25) is 0 Å². The number of thiol groups is 2. The largest absolute Gasteiger partial charge is 0.813 e. The Balaban J connectivity index is -0.000000268. The fraction of sp³-hybridized carbons (Fsp3) is 0.944. The Bertz CT molecular complexity index is 187. The molecule has 0 unspecified atom stereocenters. The van der Waals surface area contributed by atoms with Gasteiger partial charge in [0.25, 0.3) is 5.97 Å². The number of carbonyl (C=O) groups is 1. The fourth-order valence-electron chi connectivity index (χ4n) is 2.19. The summed E-state index contributed by atoms with van der Waals surface area (Å²) in [5.41, 5.74) is 0.